The topological polar surface area (TPSA) is 34.9 Å². The Hall–Kier alpha value is -2.07. The molecule has 19 heavy (non-hydrogen) atoms. The second kappa shape index (κ2) is 4.90. The van der Waals surface area contributed by atoms with Crippen molar-refractivity contribution in [1.82, 2.24) is 9.55 Å². The number of aryl methyl sites for hydroxylation is 1. The molecule has 0 amide bonds. The Bertz CT molecular complexity index is 734. The molecule has 1 aromatic heterocycles. The van der Waals surface area contributed by atoms with Crippen molar-refractivity contribution < 1.29 is 4.79 Å². The highest BCUT2D eigenvalue weighted by Gasteiger charge is 2.13. The Kier molecular flexibility index (Phi) is 3.09. The minimum absolute atomic E-state index is 0.0130. The zero-order valence-electron chi connectivity index (χ0n) is 10.4. The van der Waals surface area contributed by atoms with E-state index in [0.717, 1.165) is 28.0 Å². The van der Waals surface area contributed by atoms with E-state index in [0.29, 0.717) is 5.56 Å². The maximum Gasteiger partial charge on any atom is 0.227 e. The Balaban J connectivity index is 1.94. The van der Waals surface area contributed by atoms with Crippen molar-refractivity contribution in [2.75, 3.05) is 0 Å². The molecule has 0 fully saturated rings. The lowest BCUT2D eigenvalue weighted by atomic mass is 10.2. The van der Waals surface area contributed by atoms with Crippen molar-refractivity contribution in [2.24, 2.45) is 7.05 Å². The number of imidazole rings is 1. The molecule has 0 atom stereocenters. The monoisotopic (exact) mass is 268 g/mol. The summed E-state index contributed by atoms with van der Waals surface area (Å²) in [6, 6.07) is 17.1. The molecular weight excluding hydrogens is 256 g/mol. The van der Waals surface area contributed by atoms with Crippen molar-refractivity contribution >= 4 is 27.9 Å². The highest BCUT2D eigenvalue weighted by molar-refractivity contribution is 8.14. The van der Waals surface area contributed by atoms with Crippen LogP contribution in [0.25, 0.3) is 11.0 Å². The van der Waals surface area contributed by atoms with Crippen molar-refractivity contribution in [3.8, 4) is 0 Å². The number of hydrogen-bond acceptors (Lipinski definition) is 3. The number of benzene rings is 2. The Morgan fingerprint density at radius 1 is 1.05 bits per heavy atom. The molecule has 0 aliphatic carbocycles. The van der Waals surface area contributed by atoms with Crippen LogP contribution in [0.15, 0.2) is 59.8 Å². The van der Waals surface area contributed by atoms with Crippen molar-refractivity contribution in [1.29, 1.82) is 0 Å². The molecule has 0 aliphatic rings. The standard InChI is InChI=1S/C15H12N2OS/c1-17-13-10-6-5-9-12(13)16-15(17)19-14(18)11-7-3-2-4-8-11/h2-10H,1H3. The molecule has 0 spiro atoms. The number of fused-ring (bicyclic) bond motifs is 1. The van der Waals surface area contributed by atoms with Gasteiger partial charge in [0.2, 0.25) is 5.12 Å². The number of para-hydroxylation sites is 2. The van der Waals surface area contributed by atoms with Crippen LogP contribution >= 0.6 is 11.8 Å². The number of carbonyl (C=O) groups excluding carboxylic acids is 1. The van der Waals surface area contributed by atoms with Crippen LogP contribution < -0.4 is 0 Å². The second-order valence-corrected chi connectivity index (χ2v) is 5.14. The zero-order valence-corrected chi connectivity index (χ0v) is 11.2. The Morgan fingerprint density at radius 3 is 2.47 bits per heavy atom. The normalized spacial score (nSPS) is 10.8. The van der Waals surface area contributed by atoms with Crippen molar-refractivity contribution in [3.63, 3.8) is 0 Å². The van der Waals surface area contributed by atoms with E-state index >= 15 is 0 Å². The summed E-state index contributed by atoms with van der Waals surface area (Å²) >= 11 is 1.16. The van der Waals surface area contributed by atoms with E-state index in [2.05, 4.69) is 4.98 Å². The highest BCUT2D eigenvalue weighted by atomic mass is 32.2. The Morgan fingerprint density at radius 2 is 1.74 bits per heavy atom. The van der Waals surface area contributed by atoms with Crippen LogP contribution in [0.1, 0.15) is 10.4 Å². The first-order valence-corrected chi connectivity index (χ1v) is 6.76. The highest BCUT2D eigenvalue weighted by Crippen LogP contribution is 2.25. The Labute approximate surface area is 115 Å². The van der Waals surface area contributed by atoms with E-state index in [1.54, 1.807) is 0 Å². The molecule has 0 saturated carbocycles. The average molecular weight is 268 g/mol. The van der Waals surface area contributed by atoms with Gasteiger partial charge in [0.25, 0.3) is 0 Å². The summed E-state index contributed by atoms with van der Waals surface area (Å²) in [5.74, 6) is 0. The van der Waals surface area contributed by atoms with Crippen LogP contribution in [-0.4, -0.2) is 14.7 Å². The van der Waals surface area contributed by atoms with Crippen molar-refractivity contribution in [3.05, 3.63) is 60.2 Å². The summed E-state index contributed by atoms with van der Waals surface area (Å²) < 4.78 is 1.95. The van der Waals surface area contributed by atoms with Crippen LogP contribution in [0.2, 0.25) is 0 Å². The summed E-state index contributed by atoms with van der Waals surface area (Å²) in [6.07, 6.45) is 0. The van der Waals surface area contributed by atoms with E-state index in [-0.39, 0.29) is 5.12 Å². The van der Waals surface area contributed by atoms with E-state index in [1.165, 1.54) is 0 Å². The van der Waals surface area contributed by atoms with Crippen LogP contribution in [0.4, 0.5) is 0 Å². The van der Waals surface area contributed by atoms with E-state index < -0.39 is 0 Å². The van der Waals surface area contributed by atoms with Crippen molar-refractivity contribution in [2.45, 2.75) is 5.16 Å². The van der Waals surface area contributed by atoms with Gasteiger partial charge >= 0.3 is 0 Å². The summed E-state index contributed by atoms with van der Waals surface area (Å²) in [5, 5.41) is 0.731. The first-order valence-electron chi connectivity index (χ1n) is 5.94. The summed E-state index contributed by atoms with van der Waals surface area (Å²) in [6.45, 7) is 0. The number of hydrogen-bond donors (Lipinski definition) is 0. The smallest absolute Gasteiger partial charge is 0.227 e. The van der Waals surface area contributed by atoms with E-state index in [4.69, 9.17) is 0 Å². The molecule has 4 heteroatoms. The van der Waals surface area contributed by atoms with Crippen LogP contribution in [0.5, 0.6) is 0 Å². The lowest BCUT2D eigenvalue weighted by Crippen LogP contribution is -1.97. The maximum atomic E-state index is 12.2. The average Bonchev–Trinajstić information content (AvgIpc) is 2.77. The molecule has 3 rings (SSSR count). The minimum Gasteiger partial charge on any atom is -0.322 e. The number of nitrogens with zero attached hydrogens (tertiary/aromatic N) is 2. The van der Waals surface area contributed by atoms with Gasteiger partial charge in [-0.15, -0.1) is 0 Å². The van der Waals surface area contributed by atoms with Gasteiger partial charge in [0.05, 0.1) is 11.0 Å². The molecule has 0 bridgehead atoms. The number of carbonyl (C=O) groups is 1. The molecule has 3 nitrogen and oxygen atoms in total. The van der Waals surface area contributed by atoms with Gasteiger partial charge < -0.3 is 4.57 Å². The number of aromatic nitrogens is 2. The van der Waals surface area contributed by atoms with Gasteiger partial charge in [-0.2, -0.15) is 0 Å². The van der Waals surface area contributed by atoms with E-state index in [1.807, 2.05) is 66.2 Å². The van der Waals surface area contributed by atoms with Crippen LogP contribution in [0, 0.1) is 0 Å². The summed E-state index contributed by atoms with van der Waals surface area (Å²) in [4.78, 5) is 16.6. The molecule has 94 valence electrons. The molecule has 0 saturated heterocycles. The lowest BCUT2D eigenvalue weighted by Gasteiger charge is -2.01. The zero-order chi connectivity index (χ0) is 13.2. The molecule has 1 heterocycles. The summed E-state index contributed by atoms with van der Waals surface area (Å²) in [7, 11) is 1.93. The molecule has 0 aliphatic heterocycles. The number of rotatable bonds is 2. The van der Waals surface area contributed by atoms with Crippen LogP contribution in [0.3, 0.4) is 0 Å². The van der Waals surface area contributed by atoms with Gasteiger partial charge in [-0.05, 0) is 23.9 Å². The van der Waals surface area contributed by atoms with Gasteiger partial charge in [-0.1, -0.05) is 42.5 Å². The third kappa shape index (κ3) is 2.27. The number of thioether (sulfide) groups is 1. The fourth-order valence-corrected chi connectivity index (χ4v) is 2.73. The third-order valence-corrected chi connectivity index (χ3v) is 3.91. The minimum atomic E-state index is 0.0130. The van der Waals surface area contributed by atoms with Crippen LogP contribution in [-0.2, 0) is 7.05 Å². The molecule has 0 radical (unpaired) electrons. The van der Waals surface area contributed by atoms with Gasteiger partial charge in [0, 0.05) is 12.6 Å². The van der Waals surface area contributed by atoms with Gasteiger partial charge in [0.1, 0.15) is 0 Å². The second-order valence-electron chi connectivity index (χ2n) is 4.20. The van der Waals surface area contributed by atoms with Gasteiger partial charge in [-0.3, -0.25) is 4.79 Å². The third-order valence-electron chi connectivity index (χ3n) is 2.94. The van der Waals surface area contributed by atoms with Gasteiger partial charge in [0.15, 0.2) is 5.16 Å². The van der Waals surface area contributed by atoms with Gasteiger partial charge in [-0.25, -0.2) is 4.98 Å². The molecule has 3 aromatic rings. The van der Waals surface area contributed by atoms with E-state index in [9.17, 15) is 4.79 Å². The molecule has 2 aromatic carbocycles. The maximum absolute atomic E-state index is 12.2. The quantitative estimate of drug-likeness (QED) is 0.667. The molecule has 0 unspecified atom stereocenters. The largest absolute Gasteiger partial charge is 0.322 e. The first-order chi connectivity index (χ1) is 9.25. The predicted molar refractivity (Wildman–Crippen MR) is 77.3 cm³/mol. The fourth-order valence-electron chi connectivity index (χ4n) is 1.93. The predicted octanol–water partition coefficient (Wildman–Crippen LogP) is 3.51. The SMILES string of the molecule is Cn1c(SC(=O)c2ccccc2)nc2ccccc21. The fraction of sp³-hybridized carbons (Fsp3) is 0.0667. The molecule has 0 N–H and O–H groups in total. The lowest BCUT2D eigenvalue weighted by molar-refractivity contribution is 0.108. The summed E-state index contributed by atoms with van der Waals surface area (Å²) in [5.41, 5.74) is 2.64. The molecular formula is C15H12N2OS. The first kappa shape index (κ1) is 12.0.